The third-order valence-corrected chi connectivity index (χ3v) is 4.51. The normalized spacial score (nSPS) is 21.5. The van der Waals surface area contributed by atoms with Crippen molar-refractivity contribution in [1.82, 2.24) is 15.2 Å². The van der Waals surface area contributed by atoms with E-state index in [1.165, 1.54) is 4.90 Å². The van der Waals surface area contributed by atoms with Crippen LogP contribution in [0.2, 0.25) is 0 Å². The molecule has 0 bridgehead atoms. The molecule has 1 aromatic rings. The van der Waals surface area contributed by atoms with Crippen LogP contribution in [0.3, 0.4) is 0 Å². The van der Waals surface area contributed by atoms with Gasteiger partial charge in [-0.05, 0) is 49.7 Å². The molecule has 2 aliphatic rings. The van der Waals surface area contributed by atoms with E-state index in [0.29, 0.717) is 24.6 Å². The predicted molar refractivity (Wildman–Crippen MR) is 80.5 cm³/mol. The van der Waals surface area contributed by atoms with Gasteiger partial charge in [0.05, 0.1) is 6.54 Å². The van der Waals surface area contributed by atoms with Crippen molar-refractivity contribution in [2.75, 3.05) is 13.1 Å². The lowest BCUT2D eigenvalue weighted by Gasteiger charge is -2.34. The third-order valence-electron chi connectivity index (χ3n) is 4.51. The Morgan fingerprint density at radius 1 is 1.30 bits per heavy atom. The smallest absolute Gasteiger partial charge is 0.271 e. The average Bonchev–Trinajstić information content (AvgIpc) is 3.28. The van der Waals surface area contributed by atoms with Gasteiger partial charge in [-0.15, -0.1) is 0 Å². The molecule has 2 N–H and O–H groups in total. The average molecular weight is 325 g/mol. The van der Waals surface area contributed by atoms with Crippen LogP contribution in [0.1, 0.15) is 54.1 Å². The largest absolute Gasteiger partial charge is 0.357 e. The summed E-state index contributed by atoms with van der Waals surface area (Å²) in [5, 5.41) is 2.24. The van der Waals surface area contributed by atoms with E-state index in [0.717, 1.165) is 31.2 Å². The SMILES string of the molecule is O=C(NCC(F)F)[C@@H]1CCCCN1C(=O)c1[nH]ccc1C1CC1. The van der Waals surface area contributed by atoms with Gasteiger partial charge in [-0.3, -0.25) is 9.59 Å². The zero-order chi connectivity index (χ0) is 16.4. The molecule has 2 fully saturated rings. The number of nitrogens with one attached hydrogen (secondary N) is 2. The molecule has 3 rings (SSSR count). The minimum Gasteiger partial charge on any atom is -0.357 e. The Morgan fingerprint density at radius 3 is 2.78 bits per heavy atom. The van der Waals surface area contributed by atoms with Gasteiger partial charge in [0, 0.05) is 12.7 Å². The van der Waals surface area contributed by atoms with Crippen LogP contribution in [0.15, 0.2) is 12.3 Å². The number of aromatic amines is 1. The van der Waals surface area contributed by atoms with Gasteiger partial charge in [-0.25, -0.2) is 8.78 Å². The van der Waals surface area contributed by atoms with E-state index in [1.807, 2.05) is 6.07 Å². The van der Waals surface area contributed by atoms with Gasteiger partial charge in [0.1, 0.15) is 11.7 Å². The summed E-state index contributed by atoms with van der Waals surface area (Å²) < 4.78 is 24.6. The fourth-order valence-electron chi connectivity index (χ4n) is 3.19. The molecule has 0 radical (unpaired) electrons. The highest BCUT2D eigenvalue weighted by atomic mass is 19.3. The van der Waals surface area contributed by atoms with Gasteiger partial charge in [0.2, 0.25) is 5.91 Å². The topological polar surface area (TPSA) is 65.2 Å². The standard InChI is InChI=1S/C16H21F2N3O2/c17-13(18)9-20-15(22)12-3-1-2-8-21(12)16(23)14-11(6-7-19-14)10-4-5-10/h6-7,10,12-13,19H,1-5,8-9H2,(H,20,22)/t12-/m0/s1. The highest BCUT2D eigenvalue weighted by Crippen LogP contribution is 2.41. The number of likely N-dealkylation sites (tertiary alicyclic amines) is 1. The van der Waals surface area contributed by atoms with E-state index in [-0.39, 0.29) is 5.91 Å². The van der Waals surface area contributed by atoms with Gasteiger partial charge >= 0.3 is 0 Å². The molecular formula is C16H21F2N3O2. The number of carbonyl (C=O) groups is 2. The second-order valence-corrected chi connectivity index (χ2v) is 6.23. The molecule has 126 valence electrons. The molecule has 1 saturated heterocycles. The first-order valence-electron chi connectivity index (χ1n) is 8.12. The molecule has 2 heterocycles. The highest BCUT2D eigenvalue weighted by Gasteiger charge is 2.36. The molecule has 1 aliphatic carbocycles. The maximum Gasteiger partial charge on any atom is 0.271 e. The number of nitrogens with zero attached hydrogens (tertiary/aromatic N) is 1. The number of hydrogen-bond acceptors (Lipinski definition) is 2. The maximum absolute atomic E-state index is 12.8. The maximum atomic E-state index is 12.8. The van der Waals surface area contributed by atoms with Gasteiger partial charge in [0.25, 0.3) is 12.3 Å². The van der Waals surface area contributed by atoms with E-state index in [2.05, 4.69) is 10.3 Å². The lowest BCUT2D eigenvalue weighted by Crippen LogP contribution is -2.52. The summed E-state index contributed by atoms with van der Waals surface area (Å²) >= 11 is 0. The lowest BCUT2D eigenvalue weighted by atomic mass is 10.00. The number of carbonyl (C=O) groups excluding carboxylic acids is 2. The molecule has 5 nitrogen and oxygen atoms in total. The number of hydrogen-bond donors (Lipinski definition) is 2. The van der Waals surface area contributed by atoms with Crippen LogP contribution in [0, 0.1) is 0 Å². The minimum absolute atomic E-state index is 0.200. The Kier molecular flexibility index (Phi) is 4.63. The Hall–Kier alpha value is -1.92. The molecule has 0 spiro atoms. The molecule has 7 heteroatoms. The van der Waals surface area contributed by atoms with Crippen molar-refractivity contribution >= 4 is 11.8 Å². The van der Waals surface area contributed by atoms with Crippen molar-refractivity contribution in [3.8, 4) is 0 Å². The number of amides is 2. The summed E-state index contributed by atoms with van der Waals surface area (Å²) in [5.74, 6) is -0.261. The number of rotatable bonds is 5. The van der Waals surface area contributed by atoms with Gasteiger partial charge in [0.15, 0.2) is 0 Å². The van der Waals surface area contributed by atoms with Crippen molar-refractivity contribution < 1.29 is 18.4 Å². The summed E-state index contributed by atoms with van der Waals surface area (Å²) in [7, 11) is 0. The molecule has 1 saturated carbocycles. The highest BCUT2D eigenvalue weighted by molar-refractivity contribution is 5.97. The Balaban J connectivity index is 1.73. The summed E-state index contributed by atoms with van der Waals surface area (Å²) in [6.07, 6.45) is 3.47. The molecule has 23 heavy (non-hydrogen) atoms. The van der Waals surface area contributed by atoms with Crippen LogP contribution in [-0.2, 0) is 4.79 Å². The predicted octanol–water partition coefficient (Wildman–Crippen LogP) is 2.27. The Morgan fingerprint density at radius 2 is 2.09 bits per heavy atom. The number of halogens is 2. The van der Waals surface area contributed by atoms with Crippen LogP contribution in [0.5, 0.6) is 0 Å². The number of alkyl halides is 2. The first-order valence-corrected chi connectivity index (χ1v) is 8.12. The van der Waals surface area contributed by atoms with Crippen LogP contribution in [-0.4, -0.2) is 47.3 Å². The fraction of sp³-hybridized carbons (Fsp3) is 0.625. The second-order valence-electron chi connectivity index (χ2n) is 6.23. The molecule has 0 aromatic carbocycles. The summed E-state index contributed by atoms with van der Waals surface area (Å²) in [6.45, 7) is -0.193. The van der Waals surface area contributed by atoms with Crippen LogP contribution >= 0.6 is 0 Å². The Labute approximate surface area is 133 Å². The molecule has 1 aliphatic heterocycles. The van der Waals surface area contributed by atoms with E-state index >= 15 is 0 Å². The van der Waals surface area contributed by atoms with Crippen LogP contribution in [0.4, 0.5) is 8.78 Å². The van der Waals surface area contributed by atoms with Crippen LogP contribution < -0.4 is 5.32 Å². The number of H-pyrrole nitrogens is 1. The zero-order valence-electron chi connectivity index (χ0n) is 12.9. The molecule has 1 atom stereocenters. The molecule has 1 aromatic heterocycles. The zero-order valence-corrected chi connectivity index (χ0v) is 12.9. The molecular weight excluding hydrogens is 304 g/mol. The van der Waals surface area contributed by atoms with Crippen LogP contribution in [0.25, 0.3) is 0 Å². The van der Waals surface area contributed by atoms with E-state index < -0.39 is 24.9 Å². The van der Waals surface area contributed by atoms with Crippen molar-refractivity contribution in [2.45, 2.75) is 50.5 Å². The van der Waals surface area contributed by atoms with Gasteiger partial charge in [-0.2, -0.15) is 0 Å². The van der Waals surface area contributed by atoms with Gasteiger partial charge < -0.3 is 15.2 Å². The fourth-order valence-corrected chi connectivity index (χ4v) is 3.19. The summed E-state index contributed by atoms with van der Waals surface area (Å²) in [5.41, 5.74) is 1.55. The lowest BCUT2D eigenvalue weighted by molar-refractivity contribution is -0.127. The van der Waals surface area contributed by atoms with E-state index in [9.17, 15) is 18.4 Å². The first kappa shape index (κ1) is 16.0. The van der Waals surface area contributed by atoms with E-state index in [1.54, 1.807) is 6.20 Å². The molecule has 0 unspecified atom stereocenters. The first-order chi connectivity index (χ1) is 11.1. The van der Waals surface area contributed by atoms with Gasteiger partial charge in [-0.1, -0.05) is 0 Å². The Bertz CT molecular complexity index is 584. The van der Waals surface area contributed by atoms with Crippen molar-refractivity contribution in [3.05, 3.63) is 23.5 Å². The number of aromatic nitrogens is 1. The van der Waals surface area contributed by atoms with Crippen molar-refractivity contribution in [1.29, 1.82) is 0 Å². The summed E-state index contributed by atoms with van der Waals surface area (Å²) in [6, 6.07) is 1.26. The molecule has 2 amide bonds. The summed E-state index contributed by atoms with van der Waals surface area (Å²) in [4.78, 5) is 29.5. The second kappa shape index (κ2) is 6.68. The van der Waals surface area contributed by atoms with Crippen molar-refractivity contribution in [2.24, 2.45) is 0 Å². The van der Waals surface area contributed by atoms with E-state index in [4.69, 9.17) is 0 Å². The third kappa shape index (κ3) is 3.54. The number of piperidine rings is 1. The minimum atomic E-state index is -2.59. The monoisotopic (exact) mass is 325 g/mol. The quantitative estimate of drug-likeness (QED) is 0.872. The van der Waals surface area contributed by atoms with Crippen molar-refractivity contribution in [3.63, 3.8) is 0 Å².